The summed E-state index contributed by atoms with van der Waals surface area (Å²) in [6, 6.07) is 7.71. The number of halogens is 1. The van der Waals surface area contributed by atoms with Crippen molar-refractivity contribution in [1.82, 2.24) is 9.88 Å². The molecule has 0 saturated carbocycles. The van der Waals surface area contributed by atoms with Crippen LogP contribution in [0, 0.1) is 5.82 Å². The number of nitrogens with zero attached hydrogens (tertiary/aromatic N) is 2. The molecule has 0 atom stereocenters. The highest BCUT2D eigenvalue weighted by molar-refractivity contribution is 5.94. The standard InChI is InChI=1S/C15H13FN2O2/c16-13-1-2-14-12(9-13)10-18(7-8-20-14)15(19)11-3-5-17-6-4-11/h1-6,9H,7-8,10H2. The van der Waals surface area contributed by atoms with E-state index in [9.17, 15) is 9.18 Å². The van der Waals surface area contributed by atoms with Gasteiger partial charge in [0.15, 0.2) is 0 Å². The van der Waals surface area contributed by atoms with Gasteiger partial charge in [-0.2, -0.15) is 0 Å². The summed E-state index contributed by atoms with van der Waals surface area (Å²) < 4.78 is 18.9. The number of hydrogen-bond acceptors (Lipinski definition) is 3. The molecule has 0 radical (unpaired) electrons. The van der Waals surface area contributed by atoms with Crippen LogP contribution in [-0.4, -0.2) is 28.9 Å². The molecule has 1 amide bonds. The molecule has 0 fully saturated rings. The van der Waals surface area contributed by atoms with E-state index in [1.807, 2.05) is 0 Å². The van der Waals surface area contributed by atoms with Gasteiger partial charge in [-0.3, -0.25) is 9.78 Å². The molecule has 5 heteroatoms. The summed E-state index contributed by atoms with van der Waals surface area (Å²) in [5, 5.41) is 0. The van der Waals surface area contributed by atoms with Crippen molar-refractivity contribution in [2.75, 3.05) is 13.2 Å². The maximum atomic E-state index is 13.3. The van der Waals surface area contributed by atoms with Crippen LogP contribution in [0.5, 0.6) is 5.75 Å². The van der Waals surface area contributed by atoms with E-state index in [-0.39, 0.29) is 11.7 Å². The summed E-state index contributed by atoms with van der Waals surface area (Å²) in [7, 11) is 0. The summed E-state index contributed by atoms with van der Waals surface area (Å²) in [4.78, 5) is 17.9. The molecule has 2 heterocycles. The van der Waals surface area contributed by atoms with Gasteiger partial charge in [-0.1, -0.05) is 0 Å². The zero-order valence-corrected chi connectivity index (χ0v) is 10.8. The molecule has 3 rings (SSSR count). The molecule has 20 heavy (non-hydrogen) atoms. The molecule has 0 saturated heterocycles. The van der Waals surface area contributed by atoms with Crippen LogP contribution in [-0.2, 0) is 6.54 Å². The molecule has 1 aliphatic rings. The molecule has 0 unspecified atom stereocenters. The van der Waals surface area contributed by atoms with E-state index in [1.54, 1.807) is 35.5 Å². The van der Waals surface area contributed by atoms with Gasteiger partial charge in [0.05, 0.1) is 6.54 Å². The Morgan fingerprint density at radius 2 is 2.05 bits per heavy atom. The minimum atomic E-state index is -0.328. The molecule has 1 aromatic heterocycles. The number of pyridine rings is 1. The lowest BCUT2D eigenvalue weighted by Gasteiger charge is -2.19. The minimum Gasteiger partial charge on any atom is -0.491 e. The number of ether oxygens (including phenoxy) is 1. The lowest BCUT2D eigenvalue weighted by Crippen LogP contribution is -2.32. The van der Waals surface area contributed by atoms with E-state index in [0.717, 1.165) is 0 Å². The Hall–Kier alpha value is -2.43. The van der Waals surface area contributed by atoms with Crippen molar-refractivity contribution in [3.8, 4) is 5.75 Å². The number of benzene rings is 1. The number of hydrogen-bond donors (Lipinski definition) is 0. The third kappa shape index (κ3) is 2.47. The van der Waals surface area contributed by atoms with Crippen LogP contribution in [0.15, 0.2) is 42.7 Å². The van der Waals surface area contributed by atoms with Crippen LogP contribution in [0.2, 0.25) is 0 Å². The monoisotopic (exact) mass is 272 g/mol. The third-order valence-electron chi connectivity index (χ3n) is 3.22. The van der Waals surface area contributed by atoms with Crippen LogP contribution in [0.1, 0.15) is 15.9 Å². The van der Waals surface area contributed by atoms with Crippen molar-refractivity contribution in [1.29, 1.82) is 0 Å². The predicted octanol–water partition coefficient (Wildman–Crippen LogP) is 2.26. The Morgan fingerprint density at radius 3 is 2.85 bits per heavy atom. The van der Waals surface area contributed by atoms with E-state index in [1.165, 1.54) is 12.1 Å². The van der Waals surface area contributed by atoms with Gasteiger partial charge < -0.3 is 9.64 Å². The fourth-order valence-corrected chi connectivity index (χ4v) is 2.21. The van der Waals surface area contributed by atoms with Crippen LogP contribution >= 0.6 is 0 Å². The molecule has 0 spiro atoms. The summed E-state index contributed by atoms with van der Waals surface area (Å²) in [5.41, 5.74) is 1.25. The SMILES string of the molecule is O=C(c1ccncc1)N1CCOc2ccc(F)cc2C1. The Labute approximate surface area is 115 Å². The second-order valence-electron chi connectivity index (χ2n) is 4.56. The highest BCUT2D eigenvalue weighted by Crippen LogP contribution is 2.24. The normalized spacial score (nSPS) is 14.2. The van der Waals surface area contributed by atoms with Crippen LogP contribution < -0.4 is 4.74 Å². The molecule has 1 aliphatic heterocycles. The van der Waals surface area contributed by atoms with Crippen LogP contribution in [0.3, 0.4) is 0 Å². The fourth-order valence-electron chi connectivity index (χ4n) is 2.21. The number of carbonyl (C=O) groups is 1. The Balaban J connectivity index is 1.87. The first kappa shape index (κ1) is 12.6. The summed E-state index contributed by atoms with van der Waals surface area (Å²) >= 11 is 0. The molecular weight excluding hydrogens is 259 g/mol. The van der Waals surface area contributed by atoms with E-state index >= 15 is 0 Å². The maximum Gasteiger partial charge on any atom is 0.254 e. The van der Waals surface area contributed by atoms with E-state index in [0.29, 0.717) is 36.6 Å². The second kappa shape index (κ2) is 5.28. The maximum absolute atomic E-state index is 13.3. The number of carbonyl (C=O) groups excluding carboxylic acids is 1. The van der Waals surface area contributed by atoms with Gasteiger partial charge in [-0.05, 0) is 30.3 Å². The van der Waals surface area contributed by atoms with Crippen molar-refractivity contribution >= 4 is 5.91 Å². The van der Waals surface area contributed by atoms with Gasteiger partial charge in [0, 0.05) is 30.1 Å². The first-order valence-electron chi connectivity index (χ1n) is 6.34. The van der Waals surface area contributed by atoms with Gasteiger partial charge in [0.1, 0.15) is 18.2 Å². The van der Waals surface area contributed by atoms with Crippen molar-refractivity contribution < 1.29 is 13.9 Å². The van der Waals surface area contributed by atoms with E-state index in [2.05, 4.69) is 4.98 Å². The zero-order chi connectivity index (χ0) is 13.9. The molecule has 2 aromatic rings. The molecule has 0 N–H and O–H groups in total. The summed E-state index contributed by atoms with van der Waals surface area (Å²) in [5.74, 6) is 0.204. The number of fused-ring (bicyclic) bond motifs is 1. The van der Waals surface area contributed by atoms with Crippen molar-refractivity contribution in [3.63, 3.8) is 0 Å². The molecule has 0 bridgehead atoms. The number of aromatic nitrogens is 1. The van der Waals surface area contributed by atoms with Crippen molar-refractivity contribution in [2.45, 2.75) is 6.54 Å². The third-order valence-corrected chi connectivity index (χ3v) is 3.22. The smallest absolute Gasteiger partial charge is 0.254 e. The second-order valence-corrected chi connectivity index (χ2v) is 4.56. The van der Waals surface area contributed by atoms with Gasteiger partial charge in [0.2, 0.25) is 0 Å². The molecule has 102 valence electrons. The summed E-state index contributed by atoms with van der Waals surface area (Å²) in [6.07, 6.45) is 3.16. The van der Waals surface area contributed by atoms with Crippen molar-refractivity contribution in [2.24, 2.45) is 0 Å². The van der Waals surface area contributed by atoms with Crippen LogP contribution in [0.4, 0.5) is 4.39 Å². The minimum absolute atomic E-state index is 0.104. The largest absolute Gasteiger partial charge is 0.491 e. The lowest BCUT2D eigenvalue weighted by atomic mass is 10.1. The Bertz CT molecular complexity index is 631. The molecule has 0 aliphatic carbocycles. The van der Waals surface area contributed by atoms with E-state index in [4.69, 9.17) is 4.74 Å². The molecule has 4 nitrogen and oxygen atoms in total. The first-order chi connectivity index (χ1) is 9.74. The van der Waals surface area contributed by atoms with Gasteiger partial charge in [-0.15, -0.1) is 0 Å². The number of rotatable bonds is 1. The van der Waals surface area contributed by atoms with E-state index < -0.39 is 0 Å². The fraction of sp³-hybridized carbons (Fsp3) is 0.200. The predicted molar refractivity (Wildman–Crippen MR) is 70.9 cm³/mol. The zero-order valence-electron chi connectivity index (χ0n) is 10.8. The number of amides is 1. The highest BCUT2D eigenvalue weighted by atomic mass is 19.1. The lowest BCUT2D eigenvalue weighted by molar-refractivity contribution is 0.0733. The topological polar surface area (TPSA) is 42.4 Å². The summed E-state index contributed by atoms with van der Waals surface area (Å²) in [6.45, 7) is 1.21. The quantitative estimate of drug-likeness (QED) is 0.799. The average molecular weight is 272 g/mol. The average Bonchev–Trinajstić information content (AvgIpc) is 2.69. The van der Waals surface area contributed by atoms with Crippen molar-refractivity contribution in [3.05, 3.63) is 59.7 Å². The van der Waals surface area contributed by atoms with Crippen LogP contribution in [0.25, 0.3) is 0 Å². The van der Waals surface area contributed by atoms with Gasteiger partial charge >= 0.3 is 0 Å². The highest BCUT2D eigenvalue weighted by Gasteiger charge is 2.21. The Morgan fingerprint density at radius 1 is 1.25 bits per heavy atom. The van der Waals surface area contributed by atoms with Gasteiger partial charge in [0.25, 0.3) is 5.91 Å². The Kier molecular flexibility index (Phi) is 3.33. The van der Waals surface area contributed by atoms with Gasteiger partial charge in [-0.25, -0.2) is 4.39 Å². The molecular formula is C15H13FN2O2. The first-order valence-corrected chi connectivity index (χ1v) is 6.34. The molecule has 1 aromatic carbocycles.